The number of anilines is 1. The summed E-state index contributed by atoms with van der Waals surface area (Å²) in [7, 11) is 6.40. The SMILES string of the molecule is C=CC(=O)OCCCCCCOC(=O)c1ccc(OC)cc1.C=CC(=O)OCCCCCCOc1ccc(OC)cc1.C=CC(=O)OCCCCOC(=O)c1ccc(OC)cc1.C=CC(=O)OCCCCOc1ccc(OC)cc1.CC(=O)C1CCC(C(=O)Oc2ccc(OC(=O)C3CCC(C(C)=O)CC3)c3c2C(=O)N(c2ccc4c(c2)Cc2ccccc2-4)C3=O)CC1. The number of ether oxygens (including phenoxy) is 14. The first-order chi connectivity index (χ1) is 62.0. The van der Waals surface area contributed by atoms with Gasteiger partial charge in [0.05, 0.1) is 121 Å². The number of carbonyl (C=O) groups excluding carboxylic acids is 12. The topological polar surface area (TPSA) is 337 Å². The first-order valence-corrected chi connectivity index (χ1v) is 43.0. The molecule has 27 heteroatoms. The number of hydrogen-bond donors (Lipinski definition) is 0. The summed E-state index contributed by atoms with van der Waals surface area (Å²) in [5.74, 6) is -0.967. The molecule has 4 aliphatic rings. The normalized spacial score (nSPS) is 14.7. The van der Waals surface area contributed by atoms with E-state index >= 15 is 0 Å². The van der Waals surface area contributed by atoms with Crippen molar-refractivity contribution in [1.29, 1.82) is 0 Å². The molecule has 0 N–H and O–H groups in total. The number of Topliss-reactive ketones (excluding diaryl/α,β-unsaturated/α-hetero) is 2. The molecular weight excluding hydrogens is 1640 g/mol. The van der Waals surface area contributed by atoms with Crippen molar-refractivity contribution < 1.29 is 124 Å². The van der Waals surface area contributed by atoms with Gasteiger partial charge in [-0.05, 0) is 292 Å². The molecule has 2 saturated carbocycles. The molecule has 1 heterocycles. The van der Waals surface area contributed by atoms with Crippen LogP contribution in [0, 0.1) is 23.7 Å². The smallest absolute Gasteiger partial charge is 0.338 e. The molecule has 27 nitrogen and oxygen atoms in total. The average molecular weight is 1760 g/mol. The first-order valence-electron chi connectivity index (χ1n) is 43.0. The number of methoxy groups -OCH3 is 4. The van der Waals surface area contributed by atoms with Gasteiger partial charge >= 0.3 is 47.8 Å². The van der Waals surface area contributed by atoms with E-state index in [0.717, 1.165) is 133 Å². The number of imide groups is 1. The number of benzene rings is 7. The largest absolute Gasteiger partial charge is 0.497 e. The molecule has 11 rings (SSSR count). The Kier molecular flexibility index (Phi) is 44.3. The number of fused-ring (bicyclic) bond motifs is 4. The number of rotatable bonds is 43. The highest BCUT2D eigenvalue weighted by Crippen LogP contribution is 2.44. The molecule has 682 valence electrons. The van der Waals surface area contributed by atoms with Crippen LogP contribution in [0.15, 0.2) is 202 Å². The van der Waals surface area contributed by atoms with Crippen LogP contribution in [0.4, 0.5) is 5.69 Å². The van der Waals surface area contributed by atoms with Gasteiger partial charge in [-0.25, -0.2) is 33.7 Å². The minimum atomic E-state index is -0.673. The summed E-state index contributed by atoms with van der Waals surface area (Å²) in [4.78, 5) is 146. The first kappa shape index (κ1) is 102. The standard InChI is InChI=1S/C39H37NO8.C17H22O5.C16H22O4.C15H18O5.C14H18O4/c1-21(41)23-7-11-25(12-8-23)38(45)47-32-17-18-33(48-39(46)26-13-9-24(10-14-26)22(2)42)35-34(32)36(43)40(37(35)44)29-15-16-31-28(20-29)19-27-5-3-4-6-30(27)31;1-3-16(18)21-12-6-4-5-7-13-22-17(19)14-8-10-15(20-2)11-9-14;1-3-16(17)20-13-7-5-4-6-12-19-15-10-8-14(18-2)9-11-15;1-3-14(16)19-10-4-5-11-20-15(17)12-6-8-13(18-2)9-7-12;1-3-14(15)18-11-5-4-10-17-13-8-6-12(16-2)7-9-13/h3-6,15-18,20,23-26H,7-14,19H2,1-2H3;3,8-11H,1,4-7,12-13H2,2H3;3,8-11H,1,4-7,12-13H2,2H3;3,6-9H,1,4-5,10-11H2,2H3;3,6-9H,1,4-5,10-11H2,2H3. The zero-order valence-corrected chi connectivity index (χ0v) is 73.9. The summed E-state index contributed by atoms with van der Waals surface area (Å²) in [6.07, 6.45) is 19.8. The van der Waals surface area contributed by atoms with Gasteiger partial charge in [0.15, 0.2) is 0 Å². The Bertz CT molecular complexity index is 4760. The van der Waals surface area contributed by atoms with Crippen LogP contribution in [0.3, 0.4) is 0 Å². The summed E-state index contributed by atoms with van der Waals surface area (Å²) >= 11 is 0. The van der Waals surface area contributed by atoms with Crippen LogP contribution in [0.25, 0.3) is 11.1 Å². The molecular formula is C101H117NO26. The summed E-state index contributed by atoms with van der Waals surface area (Å²) < 4.78 is 72.6. The van der Waals surface area contributed by atoms with E-state index in [1.54, 1.807) is 96.9 Å². The Labute approximate surface area is 748 Å². The van der Waals surface area contributed by atoms with Crippen LogP contribution >= 0.6 is 0 Å². The van der Waals surface area contributed by atoms with Crippen LogP contribution in [-0.4, -0.2) is 152 Å². The number of amides is 2. The number of nitrogens with zero attached hydrogens (tertiary/aromatic N) is 1. The van der Waals surface area contributed by atoms with E-state index in [9.17, 15) is 57.5 Å². The van der Waals surface area contributed by atoms with Crippen molar-refractivity contribution in [2.75, 3.05) is 86.2 Å². The van der Waals surface area contributed by atoms with Crippen LogP contribution in [-0.2, 0) is 73.2 Å². The molecule has 128 heavy (non-hydrogen) atoms. The van der Waals surface area contributed by atoms with Crippen molar-refractivity contribution in [3.8, 4) is 57.1 Å². The fraction of sp³-hybridized carbons (Fsp3) is 0.386. The Balaban J connectivity index is 0.000000237. The van der Waals surface area contributed by atoms with Gasteiger partial charge in [0, 0.05) is 36.1 Å². The van der Waals surface area contributed by atoms with E-state index in [2.05, 4.69) is 32.4 Å². The molecule has 0 atom stereocenters. The van der Waals surface area contributed by atoms with Crippen LogP contribution < -0.4 is 42.8 Å². The highest BCUT2D eigenvalue weighted by atomic mass is 16.6. The number of ketones is 2. The number of carbonyl (C=O) groups is 12. The summed E-state index contributed by atoms with van der Waals surface area (Å²) in [6, 6.07) is 44.8. The van der Waals surface area contributed by atoms with Crippen molar-refractivity contribution in [3.05, 3.63) is 236 Å². The van der Waals surface area contributed by atoms with Crippen LogP contribution in [0.5, 0.6) is 46.0 Å². The summed E-state index contributed by atoms with van der Waals surface area (Å²) in [5, 5.41) is 0. The minimum absolute atomic E-state index is 0.0696. The Morgan fingerprint density at radius 2 is 0.633 bits per heavy atom. The van der Waals surface area contributed by atoms with Gasteiger partial charge in [-0.3, -0.25) is 28.8 Å². The molecule has 7 aromatic rings. The minimum Gasteiger partial charge on any atom is -0.497 e. The lowest BCUT2D eigenvalue weighted by Gasteiger charge is -2.26. The van der Waals surface area contributed by atoms with Crippen LogP contribution in [0.1, 0.15) is 195 Å². The third kappa shape index (κ3) is 33.8. The molecule has 7 aromatic carbocycles. The van der Waals surface area contributed by atoms with E-state index in [0.29, 0.717) is 145 Å². The van der Waals surface area contributed by atoms with Crippen molar-refractivity contribution >= 4 is 76.8 Å². The van der Waals surface area contributed by atoms with E-state index in [4.69, 9.17) is 66.3 Å². The zero-order chi connectivity index (χ0) is 92.5. The zero-order valence-electron chi connectivity index (χ0n) is 73.9. The Morgan fingerprint density at radius 1 is 0.336 bits per heavy atom. The number of esters is 8. The molecule has 0 unspecified atom stereocenters. The lowest BCUT2D eigenvalue weighted by molar-refractivity contribution is -0.142. The maximum absolute atomic E-state index is 14.2. The predicted molar refractivity (Wildman–Crippen MR) is 479 cm³/mol. The van der Waals surface area contributed by atoms with Gasteiger partial charge < -0.3 is 66.3 Å². The number of hydrogen-bond acceptors (Lipinski definition) is 26. The van der Waals surface area contributed by atoms with E-state index in [1.807, 2.05) is 78.9 Å². The summed E-state index contributed by atoms with van der Waals surface area (Å²) in [6.45, 7) is 19.9. The van der Waals surface area contributed by atoms with Gasteiger partial charge in [-0.15, -0.1) is 0 Å². The van der Waals surface area contributed by atoms with E-state index in [-0.39, 0.29) is 76.5 Å². The third-order valence-electron chi connectivity index (χ3n) is 21.3. The van der Waals surface area contributed by atoms with Crippen LogP contribution in [0.2, 0.25) is 0 Å². The fourth-order valence-electron chi connectivity index (χ4n) is 14.0. The second kappa shape index (κ2) is 55.8. The van der Waals surface area contributed by atoms with Gasteiger partial charge in [0.1, 0.15) is 57.6 Å². The molecule has 2 amide bonds. The highest BCUT2D eigenvalue weighted by Gasteiger charge is 2.44. The fourth-order valence-corrected chi connectivity index (χ4v) is 14.0. The van der Waals surface area contributed by atoms with E-state index in [1.165, 1.54) is 18.2 Å². The quantitative estimate of drug-likeness (QED) is 0.00855. The molecule has 3 aliphatic carbocycles. The highest BCUT2D eigenvalue weighted by molar-refractivity contribution is 6.36. The van der Waals surface area contributed by atoms with Gasteiger partial charge in [-0.1, -0.05) is 56.6 Å². The molecule has 0 radical (unpaired) electrons. The van der Waals surface area contributed by atoms with Crippen molar-refractivity contribution in [2.45, 2.75) is 149 Å². The molecule has 0 saturated heterocycles. The Hall–Kier alpha value is -13.5. The predicted octanol–water partition coefficient (Wildman–Crippen LogP) is 18.1. The maximum atomic E-state index is 14.2. The Morgan fingerprint density at radius 3 is 0.977 bits per heavy atom. The van der Waals surface area contributed by atoms with Gasteiger partial charge in [0.2, 0.25) is 0 Å². The van der Waals surface area contributed by atoms with Crippen molar-refractivity contribution in [1.82, 2.24) is 0 Å². The molecule has 2 fully saturated rings. The average Bonchev–Trinajstić information content (AvgIpc) is 1.58. The lowest BCUT2D eigenvalue weighted by atomic mass is 9.80. The third-order valence-corrected chi connectivity index (χ3v) is 21.3. The molecule has 0 spiro atoms. The van der Waals surface area contributed by atoms with Crippen molar-refractivity contribution in [3.63, 3.8) is 0 Å². The second-order valence-electron chi connectivity index (χ2n) is 30.1. The van der Waals surface area contributed by atoms with Crippen molar-refractivity contribution in [2.24, 2.45) is 23.7 Å². The molecule has 0 bridgehead atoms. The van der Waals surface area contributed by atoms with E-state index < -0.39 is 47.5 Å². The summed E-state index contributed by atoms with van der Waals surface area (Å²) in [5.41, 5.74) is 5.39. The monoisotopic (exact) mass is 1760 g/mol. The maximum Gasteiger partial charge on any atom is 0.338 e. The molecule has 1 aliphatic heterocycles. The van der Waals surface area contributed by atoms with Gasteiger partial charge in [0.25, 0.3) is 11.8 Å². The van der Waals surface area contributed by atoms with Gasteiger partial charge in [-0.2, -0.15) is 0 Å². The number of unbranched alkanes of at least 4 members (excludes halogenated alkanes) is 8. The molecule has 0 aromatic heterocycles. The second-order valence-corrected chi connectivity index (χ2v) is 30.1. The lowest BCUT2D eigenvalue weighted by Crippen LogP contribution is -2.30.